The van der Waals surface area contributed by atoms with E-state index in [1.54, 1.807) is 0 Å². The van der Waals surface area contributed by atoms with E-state index in [-0.39, 0.29) is 0 Å². The molecule has 0 aliphatic carbocycles. The van der Waals surface area contributed by atoms with Gasteiger partial charge in [-0.15, -0.1) is 0 Å². The largest absolute Gasteiger partial charge is 0.316 e. The molecule has 1 unspecified atom stereocenters. The zero-order chi connectivity index (χ0) is 10.7. The molecule has 1 aliphatic heterocycles. The van der Waals surface area contributed by atoms with Crippen LogP contribution in [0.15, 0.2) is 0 Å². The van der Waals surface area contributed by atoms with Crippen LogP contribution in [-0.4, -0.2) is 27.9 Å². The number of aromatic nitrogens is 3. The van der Waals surface area contributed by atoms with E-state index < -0.39 is 0 Å². The molecule has 15 heavy (non-hydrogen) atoms. The quantitative estimate of drug-likeness (QED) is 0.814. The Kier molecular flexibility index (Phi) is 3.36. The van der Waals surface area contributed by atoms with Crippen molar-refractivity contribution in [2.75, 3.05) is 13.1 Å². The topological polar surface area (TPSA) is 42.7 Å². The second-order valence-electron chi connectivity index (χ2n) is 4.43. The fraction of sp³-hybridized carbons (Fsp3) is 0.818. The summed E-state index contributed by atoms with van der Waals surface area (Å²) in [6.07, 6.45) is 3.90. The van der Waals surface area contributed by atoms with Gasteiger partial charge < -0.3 is 5.32 Å². The molecular weight excluding hydrogens is 188 g/mol. The molecule has 1 N–H and O–H groups in total. The van der Waals surface area contributed by atoms with Gasteiger partial charge in [-0.2, -0.15) is 5.10 Å². The molecule has 2 heterocycles. The van der Waals surface area contributed by atoms with Crippen molar-refractivity contribution in [3.05, 3.63) is 11.6 Å². The van der Waals surface area contributed by atoms with Crippen LogP contribution in [-0.2, 0) is 6.54 Å². The highest BCUT2D eigenvalue weighted by Crippen LogP contribution is 2.15. The van der Waals surface area contributed by atoms with Gasteiger partial charge in [0.1, 0.15) is 11.6 Å². The molecule has 1 atom stereocenters. The molecule has 1 aromatic heterocycles. The van der Waals surface area contributed by atoms with Crippen molar-refractivity contribution in [2.45, 2.75) is 39.7 Å². The van der Waals surface area contributed by atoms with Gasteiger partial charge in [0.25, 0.3) is 0 Å². The predicted molar refractivity (Wildman–Crippen MR) is 59.7 cm³/mol. The molecule has 1 fully saturated rings. The van der Waals surface area contributed by atoms with Crippen molar-refractivity contribution in [1.29, 1.82) is 0 Å². The summed E-state index contributed by atoms with van der Waals surface area (Å²) in [7, 11) is 0. The van der Waals surface area contributed by atoms with Gasteiger partial charge in [0.15, 0.2) is 0 Å². The number of rotatable bonds is 3. The van der Waals surface area contributed by atoms with Crippen molar-refractivity contribution < 1.29 is 0 Å². The summed E-state index contributed by atoms with van der Waals surface area (Å²) in [5.41, 5.74) is 0. The Labute approximate surface area is 91.1 Å². The molecule has 0 aromatic carbocycles. The van der Waals surface area contributed by atoms with Gasteiger partial charge >= 0.3 is 0 Å². The Morgan fingerprint density at radius 1 is 1.47 bits per heavy atom. The van der Waals surface area contributed by atoms with Crippen molar-refractivity contribution >= 4 is 0 Å². The van der Waals surface area contributed by atoms with Crippen LogP contribution in [0.25, 0.3) is 0 Å². The zero-order valence-corrected chi connectivity index (χ0v) is 9.66. The minimum absolute atomic E-state index is 0.822. The molecule has 0 amide bonds. The Hall–Kier alpha value is -0.900. The van der Waals surface area contributed by atoms with Gasteiger partial charge in [-0.3, -0.25) is 4.68 Å². The lowest BCUT2D eigenvalue weighted by Gasteiger charge is -2.22. The summed E-state index contributed by atoms with van der Waals surface area (Å²) in [5.74, 6) is 2.74. The molecule has 4 heteroatoms. The molecule has 4 nitrogen and oxygen atoms in total. The third-order valence-corrected chi connectivity index (χ3v) is 3.11. The van der Waals surface area contributed by atoms with Crippen LogP contribution < -0.4 is 5.32 Å². The molecule has 0 bridgehead atoms. The average Bonchev–Trinajstić information content (AvgIpc) is 2.56. The molecule has 0 saturated carbocycles. The van der Waals surface area contributed by atoms with E-state index >= 15 is 0 Å². The van der Waals surface area contributed by atoms with Crippen LogP contribution in [0.1, 0.15) is 30.9 Å². The smallest absolute Gasteiger partial charge is 0.147 e. The monoisotopic (exact) mass is 208 g/mol. The maximum Gasteiger partial charge on any atom is 0.147 e. The van der Waals surface area contributed by atoms with Gasteiger partial charge in [0, 0.05) is 6.54 Å². The summed E-state index contributed by atoms with van der Waals surface area (Å²) in [5, 5.41) is 7.83. The van der Waals surface area contributed by atoms with Crippen LogP contribution in [0.3, 0.4) is 0 Å². The molecule has 84 valence electrons. The maximum atomic E-state index is 4.38. The average molecular weight is 208 g/mol. The Balaban J connectivity index is 1.84. The number of piperidine rings is 1. The van der Waals surface area contributed by atoms with Crippen molar-refractivity contribution in [3.8, 4) is 0 Å². The highest BCUT2D eigenvalue weighted by atomic mass is 15.3. The van der Waals surface area contributed by atoms with E-state index in [1.807, 2.05) is 18.5 Å². The van der Waals surface area contributed by atoms with Crippen LogP contribution in [0.4, 0.5) is 0 Å². The Morgan fingerprint density at radius 3 is 2.93 bits per heavy atom. The first kappa shape index (κ1) is 10.6. The number of aryl methyl sites for hydroxylation is 3. The van der Waals surface area contributed by atoms with Crippen molar-refractivity contribution in [3.63, 3.8) is 0 Å². The van der Waals surface area contributed by atoms with Crippen molar-refractivity contribution in [1.82, 2.24) is 20.1 Å². The van der Waals surface area contributed by atoms with Gasteiger partial charge in [-0.05, 0) is 52.1 Å². The van der Waals surface area contributed by atoms with Crippen LogP contribution in [0.2, 0.25) is 0 Å². The summed E-state index contributed by atoms with van der Waals surface area (Å²) >= 11 is 0. The van der Waals surface area contributed by atoms with Gasteiger partial charge in [-0.25, -0.2) is 4.98 Å². The molecule has 2 rings (SSSR count). The molecular formula is C11H20N4. The summed E-state index contributed by atoms with van der Waals surface area (Å²) in [6, 6.07) is 0. The minimum atomic E-state index is 0.822. The maximum absolute atomic E-state index is 4.38. The summed E-state index contributed by atoms with van der Waals surface area (Å²) < 4.78 is 2.03. The van der Waals surface area contributed by atoms with Gasteiger partial charge in [0.05, 0.1) is 0 Å². The number of nitrogens with zero attached hydrogens (tertiary/aromatic N) is 3. The lowest BCUT2D eigenvalue weighted by molar-refractivity contribution is 0.334. The number of hydrogen-bond acceptors (Lipinski definition) is 3. The standard InChI is InChI=1S/C11H20N4/c1-9-13-10(2)15(14-9)7-5-11-4-3-6-12-8-11/h11-12H,3-8H2,1-2H3. The summed E-state index contributed by atoms with van der Waals surface area (Å²) in [4.78, 5) is 4.31. The number of nitrogens with one attached hydrogen (secondary N) is 1. The second kappa shape index (κ2) is 4.75. The second-order valence-corrected chi connectivity index (χ2v) is 4.43. The van der Waals surface area contributed by atoms with E-state index in [4.69, 9.17) is 0 Å². The first-order valence-electron chi connectivity index (χ1n) is 5.84. The Morgan fingerprint density at radius 2 is 2.33 bits per heavy atom. The van der Waals surface area contributed by atoms with E-state index in [9.17, 15) is 0 Å². The minimum Gasteiger partial charge on any atom is -0.316 e. The molecule has 1 aromatic rings. The third-order valence-electron chi connectivity index (χ3n) is 3.11. The molecule has 1 aliphatic rings. The first-order valence-corrected chi connectivity index (χ1v) is 5.84. The third kappa shape index (κ3) is 2.78. The molecule has 0 spiro atoms. The lowest BCUT2D eigenvalue weighted by atomic mass is 9.96. The van der Waals surface area contributed by atoms with Gasteiger partial charge in [0.2, 0.25) is 0 Å². The fourth-order valence-electron chi connectivity index (χ4n) is 2.25. The normalized spacial score (nSPS) is 21.9. The molecule has 0 radical (unpaired) electrons. The first-order chi connectivity index (χ1) is 7.25. The van der Waals surface area contributed by atoms with Crippen LogP contribution in [0, 0.1) is 19.8 Å². The highest BCUT2D eigenvalue weighted by molar-refractivity contribution is 4.87. The summed E-state index contributed by atoms with van der Waals surface area (Å²) in [6.45, 7) is 7.36. The zero-order valence-electron chi connectivity index (χ0n) is 9.66. The highest BCUT2D eigenvalue weighted by Gasteiger charge is 2.13. The SMILES string of the molecule is Cc1nc(C)n(CCC2CCCNC2)n1. The fourth-order valence-corrected chi connectivity index (χ4v) is 2.25. The molecule has 1 saturated heterocycles. The van der Waals surface area contributed by atoms with Crippen molar-refractivity contribution in [2.24, 2.45) is 5.92 Å². The van der Waals surface area contributed by atoms with E-state index in [0.717, 1.165) is 24.1 Å². The van der Waals surface area contributed by atoms with E-state index in [1.165, 1.54) is 32.4 Å². The lowest BCUT2D eigenvalue weighted by Crippen LogP contribution is -2.30. The Bertz CT molecular complexity index is 312. The van der Waals surface area contributed by atoms with Crippen LogP contribution in [0.5, 0.6) is 0 Å². The van der Waals surface area contributed by atoms with Gasteiger partial charge in [-0.1, -0.05) is 0 Å². The van der Waals surface area contributed by atoms with E-state index in [2.05, 4.69) is 15.4 Å². The predicted octanol–water partition coefficient (Wildman–Crippen LogP) is 1.28. The number of hydrogen-bond donors (Lipinski definition) is 1. The van der Waals surface area contributed by atoms with E-state index in [0.29, 0.717) is 0 Å². The van der Waals surface area contributed by atoms with Crippen LogP contribution >= 0.6 is 0 Å².